The van der Waals surface area contributed by atoms with E-state index < -0.39 is 10.0 Å². The summed E-state index contributed by atoms with van der Waals surface area (Å²) in [4.78, 5) is 20.4. The molecule has 2 aromatic carbocycles. The molecular weight excluding hydrogens is 482 g/mol. The van der Waals surface area contributed by atoms with Gasteiger partial charge in [-0.15, -0.1) is 0 Å². The van der Waals surface area contributed by atoms with Crippen LogP contribution in [-0.2, 0) is 14.8 Å². The van der Waals surface area contributed by atoms with Gasteiger partial charge in [-0.2, -0.15) is 4.31 Å². The molecular formula is C26H31N3O4S2. The van der Waals surface area contributed by atoms with Crippen LogP contribution in [0.25, 0.3) is 10.2 Å². The van der Waals surface area contributed by atoms with Crippen LogP contribution in [0, 0.1) is 12.8 Å². The van der Waals surface area contributed by atoms with E-state index >= 15 is 0 Å². The molecule has 5 rings (SSSR count). The number of hydrogen-bond donors (Lipinski definition) is 0. The van der Waals surface area contributed by atoms with E-state index in [0.717, 1.165) is 41.5 Å². The van der Waals surface area contributed by atoms with Crippen LogP contribution in [0.1, 0.15) is 48.5 Å². The molecule has 7 nitrogen and oxygen atoms in total. The predicted molar refractivity (Wildman–Crippen MR) is 139 cm³/mol. The number of nitrogens with zero attached hydrogens (tertiary/aromatic N) is 3. The van der Waals surface area contributed by atoms with Crippen molar-refractivity contribution in [3.63, 3.8) is 0 Å². The number of sulfonamides is 1. The zero-order chi connectivity index (χ0) is 24.6. The van der Waals surface area contributed by atoms with Gasteiger partial charge in [0.05, 0.1) is 27.8 Å². The summed E-state index contributed by atoms with van der Waals surface area (Å²) in [6, 6.07) is 12.4. The van der Waals surface area contributed by atoms with Gasteiger partial charge in [-0.1, -0.05) is 30.4 Å². The fourth-order valence-corrected chi connectivity index (χ4v) is 7.52. The van der Waals surface area contributed by atoms with Crippen molar-refractivity contribution in [2.24, 2.45) is 5.92 Å². The molecule has 2 atom stereocenters. The maximum atomic E-state index is 13.7. The Morgan fingerprint density at radius 1 is 1.17 bits per heavy atom. The van der Waals surface area contributed by atoms with Crippen molar-refractivity contribution < 1.29 is 17.9 Å². The van der Waals surface area contributed by atoms with Crippen LogP contribution >= 0.6 is 11.3 Å². The van der Waals surface area contributed by atoms with E-state index in [0.29, 0.717) is 42.9 Å². The maximum absolute atomic E-state index is 13.7. The molecule has 2 fully saturated rings. The summed E-state index contributed by atoms with van der Waals surface area (Å²) in [5.41, 5.74) is 2.40. The van der Waals surface area contributed by atoms with E-state index in [-0.39, 0.29) is 16.9 Å². The molecule has 0 saturated carbocycles. The smallest absolute Gasteiger partial charge is 0.260 e. The molecule has 9 heteroatoms. The quantitative estimate of drug-likeness (QED) is 0.471. The minimum Gasteiger partial charge on any atom is -0.376 e. The third-order valence-corrected chi connectivity index (χ3v) is 9.78. The Balaban J connectivity index is 1.43. The fourth-order valence-electron chi connectivity index (χ4n) is 4.87. The zero-order valence-electron chi connectivity index (χ0n) is 20.1. The second kappa shape index (κ2) is 9.97. The number of ether oxygens (including phenoxy) is 1. The van der Waals surface area contributed by atoms with Gasteiger partial charge in [0.2, 0.25) is 10.0 Å². The lowest BCUT2D eigenvalue weighted by atomic mass is 10.0. The molecule has 0 bridgehead atoms. The van der Waals surface area contributed by atoms with Crippen LogP contribution in [0.5, 0.6) is 0 Å². The predicted octanol–water partition coefficient (Wildman–Crippen LogP) is 4.85. The molecule has 0 radical (unpaired) electrons. The lowest BCUT2D eigenvalue weighted by molar-refractivity contribution is 0.0917. The van der Waals surface area contributed by atoms with Gasteiger partial charge in [0, 0.05) is 25.3 Å². The number of anilines is 1. The van der Waals surface area contributed by atoms with Gasteiger partial charge in [-0.05, 0) is 74.4 Å². The zero-order valence-corrected chi connectivity index (χ0v) is 21.8. The summed E-state index contributed by atoms with van der Waals surface area (Å²) in [6.07, 6.45) is 3.77. The Hall–Kier alpha value is -2.33. The number of piperidine rings is 1. The summed E-state index contributed by atoms with van der Waals surface area (Å²) in [6.45, 7) is 6.29. The summed E-state index contributed by atoms with van der Waals surface area (Å²) < 4.78 is 34.7. The van der Waals surface area contributed by atoms with Gasteiger partial charge in [-0.25, -0.2) is 13.4 Å². The average molecular weight is 514 g/mol. The van der Waals surface area contributed by atoms with Gasteiger partial charge in [0.15, 0.2) is 5.13 Å². The third kappa shape index (κ3) is 5.00. The summed E-state index contributed by atoms with van der Waals surface area (Å²) in [7, 11) is -3.57. The highest BCUT2D eigenvalue weighted by Gasteiger charge is 2.30. The molecule has 0 spiro atoms. The highest BCUT2D eigenvalue weighted by Crippen LogP contribution is 2.32. The van der Waals surface area contributed by atoms with Gasteiger partial charge >= 0.3 is 0 Å². The van der Waals surface area contributed by atoms with Crippen molar-refractivity contribution in [1.29, 1.82) is 0 Å². The Kier molecular flexibility index (Phi) is 6.94. The second-order valence-corrected chi connectivity index (χ2v) is 12.6. The number of aryl methyl sites for hydroxylation is 1. The monoisotopic (exact) mass is 513 g/mol. The largest absolute Gasteiger partial charge is 0.376 e. The van der Waals surface area contributed by atoms with Crippen LogP contribution < -0.4 is 4.90 Å². The van der Waals surface area contributed by atoms with E-state index in [4.69, 9.17) is 9.72 Å². The number of amides is 1. The first-order valence-electron chi connectivity index (χ1n) is 12.2. The molecule has 0 N–H and O–H groups in total. The Labute approximate surface area is 210 Å². The van der Waals surface area contributed by atoms with Gasteiger partial charge in [0.25, 0.3) is 5.91 Å². The summed E-state index contributed by atoms with van der Waals surface area (Å²) >= 11 is 1.49. The lowest BCUT2D eigenvalue weighted by Gasteiger charge is -2.30. The van der Waals surface area contributed by atoms with Crippen LogP contribution in [-0.4, -0.2) is 56.0 Å². The number of hydrogen-bond acceptors (Lipinski definition) is 6. The van der Waals surface area contributed by atoms with Crippen LogP contribution in [0.3, 0.4) is 0 Å². The molecule has 35 heavy (non-hydrogen) atoms. The SMILES string of the molecule is Cc1cccc2sc(N(CC3CCCO3)C(=O)c3ccc(S(=O)(=O)N4CCCC(C)C4)cc3)nc12. The first-order chi connectivity index (χ1) is 16.8. The number of rotatable bonds is 6. The Morgan fingerprint density at radius 2 is 1.97 bits per heavy atom. The van der Waals surface area contributed by atoms with Gasteiger partial charge < -0.3 is 4.74 Å². The average Bonchev–Trinajstić information content (AvgIpc) is 3.53. The van der Waals surface area contributed by atoms with Crippen molar-refractivity contribution in [2.45, 2.75) is 50.5 Å². The Morgan fingerprint density at radius 3 is 2.66 bits per heavy atom. The summed E-state index contributed by atoms with van der Waals surface area (Å²) in [5.74, 6) is 0.149. The lowest BCUT2D eigenvalue weighted by Crippen LogP contribution is -2.39. The molecule has 3 aromatic rings. The third-order valence-electron chi connectivity index (χ3n) is 6.85. The molecule has 2 aliphatic rings. The van der Waals surface area contributed by atoms with Gasteiger partial charge in [0.1, 0.15) is 0 Å². The minimum atomic E-state index is -3.57. The van der Waals surface area contributed by atoms with E-state index in [2.05, 4.69) is 6.92 Å². The fraction of sp³-hybridized carbons (Fsp3) is 0.462. The number of carbonyl (C=O) groups excluding carboxylic acids is 1. The minimum absolute atomic E-state index is 0.0344. The maximum Gasteiger partial charge on any atom is 0.260 e. The van der Waals surface area contributed by atoms with Crippen molar-refractivity contribution in [3.8, 4) is 0 Å². The van der Waals surface area contributed by atoms with Crippen molar-refractivity contribution in [3.05, 3.63) is 53.6 Å². The molecule has 0 aliphatic carbocycles. The van der Waals surface area contributed by atoms with Crippen LogP contribution in [0.4, 0.5) is 5.13 Å². The van der Waals surface area contributed by atoms with E-state index in [1.165, 1.54) is 11.3 Å². The molecule has 2 unspecified atom stereocenters. The highest BCUT2D eigenvalue weighted by molar-refractivity contribution is 7.89. The molecule has 2 aliphatic heterocycles. The highest BCUT2D eigenvalue weighted by atomic mass is 32.2. The number of carbonyl (C=O) groups is 1. The van der Waals surface area contributed by atoms with Crippen LogP contribution in [0.2, 0.25) is 0 Å². The number of benzene rings is 2. The van der Waals surface area contributed by atoms with Crippen molar-refractivity contribution in [2.75, 3.05) is 31.1 Å². The molecule has 1 aromatic heterocycles. The van der Waals surface area contributed by atoms with Gasteiger partial charge in [-0.3, -0.25) is 9.69 Å². The van der Waals surface area contributed by atoms with Crippen LogP contribution in [0.15, 0.2) is 47.4 Å². The van der Waals surface area contributed by atoms with E-state index in [1.807, 2.05) is 25.1 Å². The van der Waals surface area contributed by atoms with Crippen molar-refractivity contribution in [1.82, 2.24) is 9.29 Å². The standard InChI is InChI=1S/C26H31N3O4S2/c1-18-6-4-14-28(16-18)35(31,32)22-12-10-20(11-13-22)25(30)29(17-21-8-5-15-33-21)26-27-24-19(2)7-3-9-23(24)34-26/h3,7,9-13,18,21H,4-6,8,14-17H2,1-2H3. The molecule has 186 valence electrons. The van der Waals surface area contributed by atoms with E-state index in [1.54, 1.807) is 33.5 Å². The first kappa shape index (κ1) is 24.4. The molecule has 2 saturated heterocycles. The summed E-state index contributed by atoms with van der Waals surface area (Å²) in [5, 5.41) is 0.633. The second-order valence-electron chi connectivity index (χ2n) is 9.60. The number of aromatic nitrogens is 1. The van der Waals surface area contributed by atoms with E-state index in [9.17, 15) is 13.2 Å². The molecule has 1 amide bonds. The number of fused-ring (bicyclic) bond motifs is 1. The number of para-hydroxylation sites is 1. The molecule has 3 heterocycles. The normalized spacial score (nSPS) is 21.4. The Bertz CT molecular complexity index is 1310. The van der Waals surface area contributed by atoms with Crippen molar-refractivity contribution >= 4 is 42.6 Å². The first-order valence-corrected chi connectivity index (χ1v) is 14.5. The topological polar surface area (TPSA) is 79.8 Å². The number of thiazole rings is 1.